The highest BCUT2D eigenvalue weighted by Crippen LogP contribution is 2.22. The molecule has 3 N–H and O–H groups in total. The van der Waals surface area contributed by atoms with Crippen LogP contribution < -0.4 is 16.2 Å². The number of hydrazine groups is 1. The summed E-state index contributed by atoms with van der Waals surface area (Å²) < 4.78 is 11.1. The van der Waals surface area contributed by atoms with E-state index in [1.54, 1.807) is 6.20 Å². The van der Waals surface area contributed by atoms with Gasteiger partial charge in [-0.3, -0.25) is 0 Å². The molecule has 7 heteroatoms. The Bertz CT molecular complexity index is 511. The van der Waals surface area contributed by atoms with Crippen LogP contribution in [-0.2, 0) is 0 Å². The Hall–Kier alpha value is -1.76. The molecule has 1 aromatic rings. The molecule has 1 aliphatic carbocycles. The van der Waals surface area contributed by atoms with Crippen LogP contribution in [0, 0.1) is 5.92 Å². The van der Waals surface area contributed by atoms with Gasteiger partial charge in [0.05, 0.1) is 0 Å². The SMILES string of the molecule is CC.CC.CCC(C)C(C)Nc1nccc(N=C2CCNN2)n1.FC1CC1. The topological polar surface area (TPSA) is 74.2 Å². The van der Waals surface area contributed by atoms with Gasteiger partial charge >= 0.3 is 0 Å². The Balaban J connectivity index is 0.000000716. The van der Waals surface area contributed by atoms with Crippen LogP contribution in [0.25, 0.3) is 0 Å². The van der Waals surface area contributed by atoms with Crippen LogP contribution in [0.15, 0.2) is 17.3 Å². The second kappa shape index (κ2) is 15.3. The second-order valence-corrected chi connectivity index (χ2v) is 6.09. The Morgan fingerprint density at radius 3 is 2.37 bits per heavy atom. The van der Waals surface area contributed by atoms with E-state index in [-0.39, 0.29) is 0 Å². The van der Waals surface area contributed by atoms with E-state index in [9.17, 15) is 4.39 Å². The van der Waals surface area contributed by atoms with Crippen molar-refractivity contribution in [3.05, 3.63) is 12.3 Å². The van der Waals surface area contributed by atoms with Gasteiger partial charge in [0.2, 0.25) is 5.95 Å². The van der Waals surface area contributed by atoms with E-state index in [1.807, 2.05) is 33.8 Å². The van der Waals surface area contributed by atoms with Gasteiger partial charge in [-0.25, -0.2) is 19.8 Å². The molecule has 0 spiro atoms. The van der Waals surface area contributed by atoms with Gasteiger partial charge in [-0.05, 0) is 25.7 Å². The number of nitrogens with zero attached hydrogens (tertiary/aromatic N) is 3. The van der Waals surface area contributed by atoms with Crippen molar-refractivity contribution in [3.8, 4) is 0 Å². The van der Waals surface area contributed by atoms with Crippen molar-refractivity contribution >= 4 is 17.6 Å². The summed E-state index contributed by atoms with van der Waals surface area (Å²) in [5.74, 6) is 2.82. The fourth-order valence-corrected chi connectivity index (χ4v) is 1.87. The van der Waals surface area contributed by atoms with Gasteiger partial charge in [0, 0.05) is 31.3 Å². The van der Waals surface area contributed by atoms with Gasteiger partial charge in [0.15, 0.2) is 5.82 Å². The van der Waals surface area contributed by atoms with E-state index in [2.05, 4.69) is 51.9 Å². The maximum absolute atomic E-state index is 11.1. The van der Waals surface area contributed by atoms with Crippen molar-refractivity contribution in [2.75, 3.05) is 11.9 Å². The molecule has 1 saturated heterocycles. The lowest BCUT2D eigenvalue weighted by Gasteiger charge is -2.19. The fraction of sp³-hybridized carbons (Fsp3) is 0.750. The number of anilines is 1. The summed E-state index contributed by atoms with van der Waals surface area (Å²) in [5.41, 5.74) is 6.03. The van der Waals surface area contributed by atoms with Gasteiger partial charge in [-0.15, -0.1) is 0 Å². The first-order valence-corrected chi connectivity index (χ1v) is 10.4. The minimum atomic E-state index is -0.417. The number of halogens is 1. The van der Waals surface area contributed by atoms with Crippen LogP contribution in [0.1, 0.15) is 74.1 Å². The van der Waals surface area contributed by atoms with Crippen LogP contribution in [0.2, 0.25) is 0 Å². The molecule has 156 valence electrons. The number of alkyl halides is 1. The lowest BCUT2D eigenvalue weighted by molar-refractivity contribution is 0.480. The number of aromatic nitrogens is 2. The molecule has 2 unspecified atom stereocenters. The summed E-state index contributed by atoms with van der Waals surface area (Å²) in [6, 6.07) is 2.16. The monoisotopic (exact) mass is 382 g/mol. The molecule has 1 saturated carbocycles. The summed E-state index contributed by atoms with van der Waals surface area (Å²) in [4.78, 5) is 13.1. The fourth-order valence-electron chi connectivity index (χ4n) is 1.87. The number of nitrogens with one attached hydrogen (secondary N) is 3. The first-order valence-electron chi connectivity index (χ1n) is 10.4. The molecule has 1 aliphatic heterocycles. The van der Waals surface area contributed by atoms with Gasteiger partial charge in [0.25, 0.3) is 0 Å². The highest BCUT2D eigenvalue weighted by Gasteiger charge is 2.18. The third-order valence-corrected chi connectivity index (χ3v) is 3.97. The highest BCUT2D eigenvalue weighted by atomic mass is 19.1. The standard InChI is InChI=1S/C13H22N6.C3H5F.2C2H6/c1-4-9(2)10(3)16-13-14-7-5-11(18-13)17-12-6-8-15-19-12;4-3-1-2-3;2*1-2/h5,7,9-10,15H,4,6,8H2,1-3H3,(H2,14,16,17,18,19);3H,1-2H2;2*1-2H3. The van der Waals surface area contributed by atoms with E-state index in [0.717, 1.165) is 38.1 Å². The summed E-state index contributed by atoms with van der Waals surface area (Å²) in [7, 11) is 0. The number of amidine groups is 1. The van der Waals surface area contributed by atoms with E-state index < -0.39 is 6.17 Å². The molecule has 1 aromatic heterocycles. The summed E-state index contributed by atoms with van der Waals surface area (Å²) in [5, 5.41) is 3.33. The lowest BCUT2D eigenvalue weighted by atomic mass is 10.0. The van der Waals surface area contributed by atoms with E-state index >= 15 is 0 Å². The van der Waals surface area contributed by atoms with Crippen LogP contribution in [0.3, 0.4) is 0 Å². The van der Waals surface area contributed by atoms with Crippen LogP contribution in [0.5, 0.6) is 0 Å². The average Bonchev–Trinajstić information content (AvgIpc) is 3.32. The van der Waals surface area contributed by atoms with Crippen molar-refractivity contribution in [1.82, 2.24) is 20.8 Å². The van der Waals surface area contributed by atoms with E-state index in [4.69, 9.17) is 0 Å². The van der Waals surface area contributed by atoms with Crippen LogP contribution in [-0.4, -0.2) is 34.6 Å². The minimum Gasteiger partial charge on any atom is -0.351 e. The summed E-state index contributed by atoms with van der Waals surface area (Å²) >= 11 is 0. The molecule has 0 aromatic carbocycles. The van der Waals surface area contributed by atoms with Crippen molar-refractivity contribution in [3.63, 3.8) is 0 Å². The molecule has 2 fully saturated rings. The second-order valence-electron chi connectivity index (χ2n) is 6.09. The maximum Gasteiger partial charge on any atom is 0.224 e. The Morgan fingerprint density at radius 1 is 1.26 bits per heavy atom. The van der Waals surface area contributed by atoms with Gasteiger partial charge in [-0.1, -0.05) is 48.0 Å². The molecule has 0 radical (unpaired) electrons. The number of aliphatic imine (C=N–C) groups is 1. The zero-order valence-electron chi connectivity index (χ0n) is 18.1. The molecule has 6 nitrogen and oxygen atoms in total. The highest BCUT2D eigenvalue weighted by molar-refractivity contribution is 5.85. The number of hydrogen-bond donors (Lipinski definition) is 3. The van der Waals surface area contributed by atoms with Crippen LogP contribution in [0.4, 0.5) is 16.2 Å². The molecular weight excluding hydrogens is 343 g/mol. The van der Waals surface area contributed by atoms with Crippen molar-refractivity contribution < 1.29 is 4.39 Å². The number of rotatable bonds is 5. The summed E-state index contributed by atoms with van der Waals surface area (Å²) in [6.07, 6.45) is 4.99. The van der Waals surface area contributed by atoms with E-state index in [1.165, 1.54) is 0 Å². The molecule has 0 amide bonds. The van der Waals surface area contributed by atoms with Crippen molar-refractivity contribution in [2.24, 2.45) is 10.9 Å². The molecule has 27 heavy (non-hydrogen) atoms. The zero-order chi connectivity index (χ0) is 20.7. The molecule has 2 atom stereocenters. The predicted octanol–water partition coefficient (Wildman–Crippen LogP) is 5.02. The van der Waals surface area contributed by atoms with Crippen molar-refractivity contribution in [1.29, 1.82) is 0 Å². The molecule has 2 aliphatic rings. The van der Waals surface area contributed by atoms with Gasteiger partial charge in [0.1, 0.15) is 12.0 Å². The number of hydrogen-bond acceptors (Lipinski definition) is 5. The average molecular weight is 383 g/mol. The Kier molecular flexibility index (Phi) is 14.3. The first-order chi connectivity index (χ1) is 13.1. The minimum absolute atomic E-state index is 0.346. The van der Waals surface area contributed by atoms with E-state index in [0.29, 0.717) is 23.7 Å². The largest absolute Gasteiger partial charge is 0.351 e. The Morgan fingerprint density at radius 2 is 1.89 bits per heavy atom. The van der Waals surface area contributed by atoms with Crippen LogP contribution >= 0.6 is 0 Å². The quantitative estimate of drug-likeness (QED) is 0.666. The Labute approximate surface area is 164 Å². The molecular formula is C20H39FN6. The smallest absolute Gasteiger partial charge is 0.224 e. The molecule has 0 bridgehead atoms. The normalized spacial score (nSPS) is 18.4. The third-order valence-electron chi connectivity index (χ3n) is 3.97. The lowest BCUT2D eigenvalue weighted by Crippen LogP contribution is -2.26. The predicted molar refractivity (Wildman–Crippen MR) is 114 cm³/mol. The molecule has 3 rings (SSSR count). The van der Waals surface area contributed by atoms with Gasteiger partial charge in [-0.2, -0.15) is 4.98 Å². The zero-order valence-corrected chi connectivity index (χ0v) is 18.1. The van der Waals surface area contributed by atoms with Crippen molar-refractivity contribution in [2.45, 2.75) is 86.4 Å². The maximum atomic E-state index is 11.1. The third kappa shape index (κ3) is 11.5. The summed E-state index contributed by atoms with van der Waals surface area (Å²) in [6.45, 7) is 15.5. The first kappa shape index (κ1) is 25.2. The molecule has 2 heterocycles. The van der Waals surface area contributed by atoms with Gasteiger partial charge < -0.3 is 10.7 Å².